The van der Waals surface area contributed by atoms with Gasteiger partial charge in [-0.25, -0.2) is 9.18 Å². The van der Waals surface area contributed by atoms with Gasteiger partial charge in [-0.2, -0.15) is 0 Å². The molecule has 0 bridgehead atoms. The van der Waals surface area contributed by atoms with E-state index in [9.17, 15) is 19.3 Å². The first-order chi connectivity index (χ1) is 11.5. The van der Waals surface area contributed by atoms with Crippen LogP contribution in [0.2, 0.25) is 0 Å². The van der Waals surface area contributed by atoms with Crippen LogP contribution in [0.5, 0.6) is 5.75 Å². The number of nitrogens with zero attached hydrogens (tertiary/aromatic N) is 1. The van der Waals surface area contributed by atoms with Crippen LogP contribution >= 0.6 is 0 Å². The van der Waals surface area contributed by atoms with E-state index >= 15 is 0 Å². The van der Waals surface area contributed by atoms with Crippen LogP contribution < -0.4 is 10.1 Å². The van der Waals surface area contributed by atoms with E-state index in [1.54, 1.807) is 18.2 Å². The molecule has 7 heteroatoms. The largest absolute Gasteiger partial charge is 0.417 e. The molecule has 0 saturated carbocycles. The maximum atomic E-state index is 13.6. The number of carbonyl (C=O) groups is 1. The fraction of sp³-hybridized carbons (Fsp3) is 0. The first-order valence-electron chi connectivity index (χ1n) is 6.94. The Hall–Kier alpha value is -3.48. The number of benzene rings is 3. The molecule has 0 aliphatic heterocycles. The third kappa shape index (κ3) is 3.30. The second-order valence-corrected chi connectivity index (χ2v) is 4.94. The number of non-ortho nitro benzene ring substituents is 1. The lowest BCUT2D eigenvalue weighted by Crippen LogP contribution is -2.17. The summed E-state index contributed by atoms with van der Waals surface area (Å²) in [5, 5.41) is 14.7. The second kappa shape index (κ2) is 6.33. The zero-order valence-corrected chi connectivity index (χ0v) is 12.2. The van der Waals surface area contributed by atoms with Crippen LogP contribution in [0.4, 0.5) is 20.6 Å². The molecule has 3 aromatic rings. The molecule has 0 aliphatic carbocycles. The van der Waals surface area contributed by atoms with E-state index in [-0.39, 0.29) is 17.1 Å². The Morgan fingerprint density at radius 3 is 2.54 bits per heavy atom. The number of hydrogen-bond donors (Lipinski definition) is 1. The molecule has 0 aromatic heterocycles. The lowest BCUT2D eigenvalue weighted by atomic mass is 10.1. The molecule has 120 valence electrons. The Morgan fingerprint density at radius 1 is 1.04 bits per heavy atom. The first kappa shape index (κ1) is 15.4. The van der Waals surface area contributed by atoms with Gasteiger partial charge in [0.05, 0.1) is 10.6 Å². The minimum absolute atomic E-state index is 0.275. The van der Waals surface area contributed by atoms with Gasteiger partial charge in [-0.1, -0.05) is 30.3 Å². The molecule has 0 aliphatic rings. The first-order valence-corrected chi connectivity index (χ1v) is 6.94. The SMILES string of the molecule is O=C(Nc1cc([N+](=O)[O-])ccc1F)Oc1ccc2ccccc2c1. The van der Waals surface area contributed by atoms with Gasteiger partial charge in [0.25, 0.3) is 5.69 Å². The summed E-state index contributed by atoms with van der Waals surface area (Å²) >= 11 is 0. The van der Waals surface area contributed by atoms with Crippen molar-refractivity contribution >= 4 is 28.2 Å². The van der Waals surface area contributed by atoms with E-state index in [4.69, 9.17) is 4.74 Å². The maximum Gasteiger partial charge on any atom is 0.417 e. The highest BCUT2D eigenvalue weighted by Gasteiger charge is 2.14. The third-order valence-electron chi connectivity index (χ3n) is 3.33. The number of hydrogen-bond acceptors (Lipinski definition) is 4. The Balaban J connectivity index is 1.77. The molecule has 24 heavy (non-hydrogen) atoms. The highest BCUT2D eigenvalue weighted by Crippen LogP contribution is 2.23. The Bertz CT molecular complexity index is 943. The monoisotopic (exact) mass is 326 g/mol. The van der Waals surface area contributed by atoms with Gasteiger partial charge in [-0.05, 0) is 29.0 Å². The maximum absolute atomic E-state index is 13.6. The third-order valence-corrected chi connectivity index (χ3v) is 3.33. The minimum atomic E-state index is -0.940. The van der Waals surface area contributed by atoms with Gasteiger partial charge < -0.3 is 4.74 Å². The number of nitro groups is 1. The molecular weight excluding hydrogens is 315 g/mol. The smallest absolute Gasteiger partial charge is 0.410 e. The van der Waals surface area contributed by atoms with Crippen LogP contribution in [0, 0.1) is 15.9 Å². The van der Waals surface area contributed by atoms with Crippen molar-refractivity contribution in [2.24, 2.45) is 0 Å². The van der Waals surface area contributed by atoms with E-state index in [1.807, 2.05) is 24.3 Å². The summed E-state index contributed by atoms with van der Waals surface area (Å²) in [6.45, 7) is 0. The van der Waals surface area contributed by atoms with Gasteiger partial charge >= 0.3 is 6.09 Å². The van der Waals surface area contributed by atoms with Crippen LogP contribution in [0.25, 0.3) is 10.8 Å². The van der Waals surface area contributed by atoms with Crippen molar-refractivity contribution in [1.29, 1.82) is 0 Å². The average molecular weight is 326 g/mol. The highest BCUT2D eigenvalue weighted by atomic mass is 19.1. The van der Waals surface area contributed by atoms with Crippen molar-refractivity contribution in [1.82, 2.24) is 0 Å². The van der Waals surface area contributed by atoms with Crippen molar-refractivity contribution in [3.8, 4) is 5.75 Å². The molecule has 0 radical (unpaired) electrons. The molecule has 3 rings (SSSR count). The van der Waals surface area contributed by atoms with Gasteiger partial charge in [0.2, 0.25) is 0 Å². The predicted octanol–water partition coefficient (Wildman–Crippen LogP) is 4.50. The van der Waals surface area contributed by atoms with Crippen LogP contribution in [-0.2, 0) is 0 Å². The molecule has 1 amide bonds. The molecule has 1 N–H and O–H groups in total. The number of ether oxygens (including phenoxy) is 1. The minimum Gasteiger partial charge on any atom is -0.410 e. The summed E-state index contributed by atoms with van der Waals surface area (Å²) in [5.41, 5.74) is -0.660. The number of carbonyl (C=O) groups excluding carboxylic acids is 1. The van der Waals surface area contributed by atoms with Crippen LogP contribution in [-0.4, -0.2) is 11.0 Å². The van der Waals surface area contributed by atoms with E-state index < -0.39 is 16.8 Å². The number of nitrogens with one attached hydrogen (secondary N) is 1. The Labute approximate surface area is 135 Å². The lowest BCUT2D eigenvalue weighted by Gasteiger charge is -2.08. The van der Waals surface area contributed by atoms with Gasteiger partial charge in [-0.3, -0.25) is 15.4 Å². The summed E-state index contributed by atoms with van der Waals surface area (Å²) in [5.74, 6) is -0.520. The number of rotatable bonds is 3. The fourth-order valence-corrected chi connectivity index (χ4v) is 2.20. The Kier molecular flexibility index (Phi) is 4.07. The highest BCUT2D eigenvalue weighted by molar-refractivity contribution is 5.88. The average Bonchev–Trinajstić information content (AvgIpc) is 2.56. The van der Waals surface area contributed by atoms with Gasteiger partial charge in [0.1, 0.15) is 11.6 Å². The fourth-order valence-electron chi connectivity index (χ4n) is 2.20. The Morgan fingerprint density at radius 2 is 1.79 bits per heavy atom. The normalized spacial score (nSPS) is 10.4. The molecule has 0 saturated heterocycles. The standard InChI is InChI=1S/C17H11FN2O4/c18-15-8-6-13(20(22)23)10-16(15)19-17(21)24-14-7-5-11-3-1-2-4-12(11)9-14/h1-10H,(H,19,21). The topological polar surface area (TPSA) is 81.5 Å². The number of halogens is 1. The van der Waals surface area contributed by atoms with E-state index in [1.165, 1.54) is 0 Å². The number of nitro benzene ring substituents is 1. The molecule has 3 aromatic carbocycles. The number of amides is 1. The number of anilines is 1. The summed E-state index contributed by atoms with van der Waals surface area (Å²) < 4.78 is 18.7. The molecule has 0 spiro atoms. The van der Waals surface area contributed by atoms with Crippen LogP contribution in [0.15, 0.2) is 60.7 Å². The molecule has 6 nitrogen and oxygen atoms in total. The molecule has 0 atom stereocenters. The quantitative estimate of drug-likeness (QED) is 0.567. The van der Waals surface area contributed by atoms with Crippen molar-refractivity contribution in [3.63, 3.8) is 0 Å². The number of fused-ring (bicyclic) bond motifs is 1. The summed E-state index contributed by atoms with van der Waals surface area (Å²) in [7, 11) is 0. The predicted molar refractivity (Wildman–Crippen MR) is 86.6 cm³/mol. The summed E-state index contributed by atoms with van der Waals surface area (Å²) in [6.07, 6.45) is -0.940. The van der Waals surface area contributed by atoms with E-state index in [0.29, 0.717) is 0 Å². The van der Waals surface area contributed by atoms with Gasteiger partial charge in [0, 0.05) is 12.1 Å². The van der Waals surface area contributed by atoms with E-state index in [0.717, 1.165) is 29.0 Å². The zero-order chi connectivity index (χ0) is 17.1. The van der Waals surface area contributed by atoms with E-state index in [2.05, 4.69) is 5.32 Å². The molecule has 0 unspecified atom stereocenters. The van der Waals surface area contributed by atoms with Crippen LogP contribution in [0.1, 0.15) is 0 Å². The molecular formula is C17H11FN2O4. The van der Waals surface area contributed by atoms with Crippen molar-refractivity contribution in [3.05, 3.63) is 76.6 Å². The van der Waals surface area contributed by atoms with Crippen LogP contribution in [0.3, 0.4) is 0 Å². The summed E-state index contributed by atoms with van der Waals surface area (Å²) in [4.78, 5) is 21.9. The molecule has 0 heterocycles. The summed E-state index contributed by atoms with van der Waals surface area (Å²) in [6, 6.07) is 15.4. The second-order valence-electron chi connectivity index (χ2n) is 4.94. The lowest BCUT2D eigenvalue weighted by molar-refractivity contribution is -0.384. The van der Waals surface area contributed by atoms with Crippen molar-refractivity contribution < 1.29 is 18.8 Å². The van der Waals surface area contributed by atoms with Crippen molar-refractivity contribution in [2.75, 3.05) is 5.32 Å². The molecule has 0 fully saturated rings. The zero-order valence-electron chi connectivity index (χ0n) is 12.2. The van der Waals surface area contributed by atoms with Crippen molar-refractivity contribution in [2.45, 2.75) is 0 Å². The van der Waals surface area contributed by atoms with Gasteiger partial charge in [-0.15, -0.1) is 0 Å². The van der Waals surface area contributed by atoms with Gasteiger partial charge in [0.15, 0.2) is 0 Å².